The number of aryl methyl sites for hydroxylation is 2. The van der Waals surface area contributed by atoms with Crippen LogP contribution in [0.2, 0.25) is 5.02 Å². The second kappa shape index (κ2) is 8.62. The number of rotatable bonds is 5. The predicted octanol–water partition coefficient (Wildman–Crippen LogP) is 3.61. The van der Waals surface area contributed by atoms with Crippen molar-refractivity contribution in [1.29, 1.82) is 0 Å². The number of imide groups is 1. The second-order valence-electron chi connectivity index (χ2n) is 7.76. The van der Waals surface area contributed by atoms with Gasteiger partial charge in [0.1, 0.15) is 5.70 Å². The molecule has 2 heterocycles. The molecule has 6 heteroatoms. The summed E-state index contributed by atoms with van der Waals surface area (Å²) in [6.45, 7) is 6.71. The number of nitrogens with zero attached hydrogens (tertiary/aromatic N) is 2. The molecule has 0 bridgehead atoms. The van der Waals surface area contributed by atoms with Gasteiger partial charge in [-0.25, -0.2) is 0 Å². The van der Waals surface area contributed by atoms with Gasteiger partial charge in [0, 0.05) is 24.7 Å². The maximum atomic E-state index is 13.4. The summed E-state index contributed by atoms with van der Waals surface area (Å²) in [5.41, 5.74) is 5.09. The van der Waals surface area contributed by atoms with Crippen LogP contribution in [0, 0.1) is 13.8 Å². The summed E-state index contributed by atoms with van der Waals surface area (Å²) in [5.74, 6) is -0.442. The lowest BCUT2D eigenvalue weighted by molar-refractivity contribution is -0.137. The number of amides is 2. The number of hydrogen-bond acceptors (Lipinski definition) is 4. The molecule has 4 rings (SSSR count). The van der Waals surface area contributed by atoms with Crippen molar-refractivity contribution in [2.45, 2.75) is 20.3 Å². The smallest absolute Gasteiger partial charge is 0.277 e. The van der Waals surface area contributed by atoms with E-state index in [1.165, 1.54) is 4.90 Å². The van der Waals surface area contributed by atoms with Crippen molar-refractivity contribution >= 4 is 29.0 Å². The van der Waals surface area contributed by atoms with E-state index in [1.807, 2.05) is 61.2 Å². The van der Waals surface area contributed by atoms with Crippen LogP contribution in [0.4, 0.5) is 0 Å². The molecule has 0 N–H and O–H groups in total. The monoisotopic (exact) mass is 424 g/mol. The fourth-order valence-corrected chi connectivity index (χ4v) is 4.02. The molecule has 0 saturated carbocycles. The number of morpholine rings is 1. The fourth-order valence-electron chi connectivity index (χ4n) is 3.90. The van der Waals surface area contributed by atoms with E-state index in [2.05, 4.69) is 0 Å². The molecule has 156 valence electrons. The van der Waals surface area contributed by atoms with Crippen LogP contribution < -0.4 is 0 Å². The third-order valence-electron chi connectivity index (χ3n) is 5.80. The van der Waals surface area contributed by atoms with Gasteiger partial charge in [0.05, 0.1) is 18.8 Å². The van der Waals surface area contributed by atoms with Crippen LogP contribution in [-0.4, -0.2) is 54.5 Å². The number of benzene rings is 2. The van der Waals surface area contributed by atoms with Crippen molar-refractivity contribution in [3.8, 4) is 0 Å². The number of hydrogen-bond donors (Lipinski definition) is 0. The minimum atomic E-state index is -0.223. The van der Waals surface area contributed by atoms with Crippen LogP contribution in [0.15, 0.2) is 48.2 Å². The Balaban J connectivity index is 1.66. The molecule has 0 atom stereocenters. The Morgan fingerprint density at radius 3 is 2.30 bits per heavy atom. The Morgan fingerprint density at radius 2 is 1.63 bits per heavy atom. The number of ether oxygens (including phenoxy) is 1. The maximum absolute atomic E-state index is 13.4. The quantitative estimate of drug-likeness (QED) is 0.688. The average Bonchev–Trinajstić information content (AvgIpc) is 3.00. The third-order valence-corrected chi connectivity index (χ3v) is 6.06. The third kappa shape index (κ3) is 4.00. The van der Waals surface area contributed by atoms with Gasteiger partial charge < -0.3 is 9.64 Å². The van der Waals surface area contributed by atoms with Gasteiger partial charge in [-0.3, -0.25) is 14.5 Å². The zero-order valence-electron chi connectivity index (χ0n) is 17.3. The highest BCUT2D eigenvalue weighted by atomic mass is 35.5. The largest absolute Gasteiger partial charge is 0.378 e. The van der Waals surface area contributed by atoms with E-state index in [0.717, 1.165) is 22.3 Å². The van der Waals surface area contributed by atoms with Gasteiger partial charge in [0.2, 0.25) is 0 Å². The zero-order valence-corrected chi connectivity index (χ0v) is 18.0. The lowest BCUT2D eigenvalue weighted by atomic mass is 9.99. The summed E-state index contributed by atoms with van der Waals surface area (Å²) in [4.78, 5) is 30.2. The highest BCUT2D eigenvalue weighted by molar-refractivity contribution is 6.35. The summed E-state index contributed by atoms with van der Waals surface area (Å²) >= 11 is 5.96. The molecule has 5 nitrogen and oxygen atoms in total. The summed E-state index contributed by atoms with van der Waals surface area (Å²) in [7, 11) is 0. The first-order chi connectivity index (χ1) is 14.5. The van der Waals surface area contributed by atoms with E-state index in [9.17, 15) is 9.59 Å². The minimum absolute atomic E-state index is 0.218. The molecule has 1 saturated heterocycles. The summed E-state index contributed by atoms with van der Waals surface area (Å²) in [6, 6.07) is 13.4. The van der Waals surface area contributed by atoms with Crippen molar-refractivity contribution in [3.63, 3.8) is 0 Å². The van der Waals surface area contributed by atoms with Crippen molar-refractivity contribution < 1.29 is 14.3 Å². The predicted molar refractivity (Wildman–Crippen MR) is 117 cm³/mol. The molecule has 2 aromatic carbocycles. The van der Waals surface area contributed by atoms with Gasteiger partial charge in [-0.1, -0.05) is 41.9 Å². The molecule has 0 spiro atoms. The average molecular weight is 425 g/mol. The Labute approximate surface area is 181 Å². The van der Waals surface area contributed by atoms with E-state index < -0.39 is 0 Å². The fraction of sp³-hybridized carbons (Fsp3) is 0.333. The van der Waals surface area contributed by atoms with Gasteiger partial charge in [0.25, 0.3) is 11.8 Å². The molecular weight excluding hydrogens is 400 g/mol. The van der Waals surface area contributed by atoms with Gasteiger partial charge in [0.15, 0.2) is 0 Å². The molecule has 0 radical (unpaired) electrons. The minimum Gasteiger partial charge on any atom is -0.378 e. The molecule has 2 amide bonds. The van der Waals surface area contributed by atoms with E-state index >= 15 is 0 Å². The standard InChI is InChI=1S/C24H25ClN2O3/c1-16-3-6-19(15-17(16)2)21-22(26-11-13-30-14-12-26)24(29)27(23(21)28)10-9-18-4-7-20(25)8-5-18/h3-8,15H,9-14H2,1-2H3. The van der Waals surface area contributed by atoms with Crippen LogP contribution in [0.1, 0.15) is 22.3 Å². The maximum Gasteiger partial charge on any atom is 0.277 e. The number of carbonyl (C=O) groups is 2. The summed E-state index contributed by atoms with van der Waals surface area (Å²) in [6.07, 6.45) is 0.589. The molecule has 0 aromatic heterocycles. The lowest BCUT2D eigenvalue weighted by Crippen LogP contribution is -2.40. The van der Waals surface area contributed by atoms with Gasteiger partial charge in [-0.05, 0) is 54.7 Å². The molecule has 2 aliphatic heterocycles. The van der Waals surface area contributed by atoms with Crippen LogP contribution in [0.5, 0.6) is 0 Å². The summed E-state index contributed by atoms with van der Waals surface area (Å²) in [5, 5.41) is 0.667. The molecule has 2 aromatic rings. The van der Waals surface area contributed by atoms with Crippen molar-refractivity contribution in [1.82, 2.24) is 9.80 Å². The van der Waals surface area contributed by atoms with E-state index in [4.69, 9.17) is 16.3 Å². The molecule has 0 aliphatic carbocycles. The topological polar surface area (TPSA) is 49.9 Å². The Bertz CT molecular complexity index is 1010. The van der Waals surface area contributed by atoms with E-state index in [-0.39, 0.29) is 11.8 Å². The first-order valence-corrected chi connectivity index (χ1v) is 10.6. The summed E-state index contributed by atoms with van der Waals surface area (Å²) < 4.78 is 5.45. The van der Waals surface area contributed by atoms with Crippen molar-refractivity contribution in [2.75, 3.05) is 32.8 Å². The van der Waals surface area contributed by atoms with Crippen molar-refractivity contribution in [3.05, 3.63) is 75.4 Å². The normalized spacial score (nSPS) is 17.3. The Hall–Kier alpha value is -2.63. The zero-order chi connectivity index (χ0) is 21.3. The highest BCUT2D eigenvalue weighted by Gasteiger charge is 2.41. The number of carbonyl (C=O) groups excluding carboxylic acids is 2. The first-order valence-electron chi connectivity index (χ1n) is 10.2. The lowest BCUT2D eigenvalue weighted by Gasteiger charge is -2.29. The van der Waals surface area contributed by atoms with Crippen LogP contribution in [-0.2, 0) is 20.7 Å². The van der Waals surface area contributed by atoms with Gasteiger partial charge in [-0.2, -0.15) is 0 Å². The second-order valence-corrected chi connectivity index (χ2v) is 8.20. The van der Waals surface area contributed by atoms with Gasteiger partial charge >= 0.3 is 0 Å². The first kappa shape index (κ1) is 20.6. The van der Waals surface area contributed by atoms with Crippen LogP contribution in [0.3, 0.4) is 0 Å². The Morgan fingerprint density at radius 1 is 0.933 bits per heavy atom. The van der Waals surface area contributed by atoms with Crippen molar-refractivity contribution in [2.24, 2.45) is 0 Å². The molecule has 0 unspecified atom stereocenters. The molecule has 30 heavy (non-hydrogen) atoms. The van der Waals surface area contributed by atoms with E-state index in [1.54, 1.807) is 0 Å². The molecule has 1 fully saturated rings. The molecular formula is C24H25ClN2O3. The Kier molecular flexibility index (Phi) is 5.93. The van der Waals surface area contributed by atoms with Gasteiger partial charge in [-0.15, -0.1) is 0 Å². The highest BCUT2D eigenvalue weighted by Crippen LogP contribution is 2.33. The molecule has 2 aliphatic rings. The van der Waals surface area contributed by atoms with Crippen LogP contribution >= 0.6 is 11.6 Å². The number of halogens is 1. The van der Waals surface area contributed by atoms with E-state index in [0.29, 0.717) is 55.6 Å². The van der Waals surface area contributed by atoms with Crippen LogP contribution in [0.25, 0.3) is 5.57 Å². The SMILES string of the molecule is Cc1ccc(C2=C(N3CCOCC3)C(=O)N(CCc3ccc(Cl)cc3)C2=O)cc1C.